The first-order chi connectivity index (χ1) is 15.7. The molecule has 2 aromatic rings. The first-order valence-corrected chi connectivity index (χ1v) is 11.3. The molecule has 0 saturated heterocycles. The predicted molar refractivity (Wildman–Crippen MR) is 128 cm³/mol. The zero-order chi connectivity index (χ0) is 24.5. The molecule has 0 aliphatic rings. The van der Waals surface area contributed by atoms with E-state index >= 15 is 0 Å². The van der Waals surface area contributed by atoms with E-state index < -0.39 is 48.4 Å². The maximum atomic E-state index is 12.9. The van der Waals surface area contributed by atoms with Crippen molar-refractivity contribution in [1.29, 1.82) is 0 Å². The van der Waals surface area contributed by atoms with Crippen LogP contribution in [0.3, 0.4) is 0 Å². The fourth-order valence-corrected chi connectivity index (χ4v) is 3.52. The number of carbonyl (C=O) groups excluding carboxylic acids is 3. The number of amides is 3. The van der Waals surface area contributed by atoms with Crippen LogP contribution in [0.5, 0.6) is 0 Å². The third-order valence-electron chi connectivity index (χ3n) is 5.52. The molecule has 33 heavy (non-hydrogen) atoms. The molecule has 0 radical (unpaired) electrons. The molecule has 1 aromatic heterocycles. The van der Waals surface area contributed by atoms with Crippen LogP contribution in [0.1, 0.15) is 25.8 Å². The molecule has 0 fully saturated rings. The molecule has 4 atom stereocenters. The number of hydrogen-bond donors (Lipinski definition) is 7. The number of nitrogens with one attached hydrogen (secondary N) is 4. The summed E-state index contributed by atoms with van der Waals surface area (Å²) in [6.07, 6.45) is 2.54. The van der Waals surface area contributed by atoms with E-state index in [2.05, 4.69) is 33.6 Å². The highest BCUT2D eigenvalue weighted by Gasteiger charge is 2.29. The number of hydrogen-bond acceptors (Lipinski definition) is 6. The van der Waals surface area contributed by atoms with Gasteiger partial charge in [-0.1, -0.05) is 38.5 Å². The number of benzene rings is 1. The Morgan fingerprint density at radius 3 is 2.39 bits per heavy atom. The molecular weight excluding hydrogens is 446 g/mol. The minimum atomic E-state index is -1.21. The number of thiol groups is 1. The summed E-state index contributed by atoms with van der Waals surface area (Å²) in [5, 5.41) is 17.3. The fraction of sp³-hybridized carbons (Fsp3) is 0.455. The number of nitrogens with two attached hydrogens (primary N) is 1. The number of carbonyl (C=O) groups is 4. The number of carboxylic acid groups (broad SMARTS) is 1. The minimum Gasteiger partial charge on any atom is -0.480 e. The van der Waals surface area contributed by atoms with Crippen LogP contribution < -0.4 is 21.7 Å². The largest absolute Gasteiger partial charge is 0.480 e. The van der Waals surface area contributed by atoms with E-state index in [4.69, 9.17) is 10.8 Å². The van der Waals surface area contributed by atoms with Crippen molar-refractivity contribution >= 4 is 47.2 Å². The Kier molecular flexibility index (Phi) is 9.74. The summed E-state index contributed by atoms with van der Waals surface area (Å²) in [4.78, 5) is 52.0. The van der Waals surface area contributed by atoms with Crippen molar-refractivity contribution in [2.45, 2.75) is 44.8 Å². The zero-order valence-corrected chi connectivity index (χ0v) is 19.5. The summed E-state index contributed by atoms with van der Waals surface area (Å²) < 4.78 is 0. The molecule has 0 saturated carbocycles. The zero-order valence-electron chi connectivity index (χ0n) is 18.6. The lowest BCUT2D eigenvalue weighted by Crippen LogP contribution is -2.57. The summed E-state index contributed by atoms with van der Waals surface area (Å²) in [5.74, 6) is -3.06. The summed E-state index contributed by atoms with van der Waals surface area (Å²) in [6.45, 7) is 3.16. The molecule has 0 aliphatic carbocycles. The molecule has 7 N–H and O–H groups in total. The number of rotatable bonds is 12. The summed E-state index contributed by atoms with van der Waals surface area (Å²) in [6, 6.07) is 4.60. The topological polar surface area (TPSA) is 166 Å². The van der Waals surface area contributed by atoms with E-state index in [0.29, 0.717) is 6.42 Å². The second-order valence-electron chi connectivity index (χ2n) is 7.89. The van der Waals surface area contributed by atoms with Crippen molar-refractivity contribution in [2.75, 3.05) is 12.3 Å². The van der Waals surface area contributed by atoms with E-state index in [1.54, 1.807) is 6.20 Å². The smallest absolute Gasteiger partial charge is 0.322 e. The Hall–Kier alpha value is -3.05. The second kappa shape index (κ2) is 12.3. The van der Waals surface area contributed by atoms with Crippen LogP contribution in [0, 0.1) is 5.92 Å². The van der Waals surface area contributed by atoms with Crippen LogP contribution in [0.4, 0.5) is 0 Å². The minimum absolute atomic E-state index is 0.0125. The maximum Gasteiger partial charge on any atom is 0.322 e. The van der Waals surface area contributed by atoms with E-state index in [-0.39, 0.29) is 18.1 Å². The highest BCUT2D eigenvalue weighted by molar-refractivity contribution is 7.80. The molecule has 180 valence electrons. The fourth-order valence-electron chi connectivity index (χ4n) is 3.26. The van der Waals surface area contributed by atoms with Crippen LogP contribution in [0.15, 0.2) is 30.5 Å². The SMILES string of the molecule is CCC(C)C(N)C(=O)NC(CS)C(=O)NC(Cc1c[nH]c2ccccc12)C(=O)NCC(=O)O. The number of para-hydroxylation sites is 1. The Labute approximate surface area is 197 Å². The Bertz CT molecular complexity index is 994. The van der Waals surface area contributed by atoms with Gasteiger partial charge in [-0.3, -0.25) is 19.2 Å². The highest BCUT2D eigenvalue weighted by Crippen LogP contribution is 2.19. The van der Waals surface area contributed by atoms with Gasteiger partial charge in [0, 0.05) is 29.3 Å². The average Bonchev–Trinajstić information content (AvgIpc) is 3.21. The lowest BCUT2D eigenvalue weighted by molar-refractivity contribution is -0.138. The van der Waals surface area contributed by atoms with Gasteiger partial charge in [0.15, 0.2) is 0 Å². The van der Waals surface area contributed by atoms with Gasteiger partial charge < -0.3 is 31.8 Å². The molecule has 4 unspecified atom stereocenters. The predicted octanol–water partition coefficient (Wildman–Crippen LogP) is 0.184. The maximum absolute atomic E-state index is 12.9. The van der Waals surface area contributed by atoms with Crippen LogP contribution >= 0.6 is 12.6 Å². The molecule has 0 aliphatic heterocycles. The first kappa shape index (κ1) is 26.2. The number of aliphatic carboxylic acids is 1. The van der Waals surface area contributed by atoms with Gasteiger partial charge in [-0.2, -0.15) is 12.6 Å². The van der Waals surface area contributed by atoms with Crippen LogP contribution in [0.25, 0.3) is 10.9 Å². The molecule has 10 nitrogen and oxygen atoms in total. The van der Waals surface area contributed by atoms with Crippen molar-refractivity contribution in [2.24, 2.45) is 11.7 Å². The third-order valence-corrected chi connectivity index (χ3v) is 5.89. The Morgan fingerprint density at radius 2 is 1.76 bits per heavy atom. The number of carboxylic acids is 1. The van der Waals surface area contributed by atoms with E-state index in [1.807, 2.05) is 38.1 Å². The van der Waals surface area contributed by atoms with Gasteiger partial charge in [0.25, 0.3) is 0 Å². The first-order valence-electron chi connectivity index (χ1n) is 10.7. The van der Waals surface area contributed by atoms with Gasteiger partial charge in [-0.25, -0.2) is 0 Å². The van der Waals surface area contributed by atoms with Crippen molar-refractivity contribution in [3.05, 3.63) is 36.0 Å². The normalized spacial score (nSPS) is 14.7. The molecule has 1 aromatic carbocycles. The monoisotopic (exact) mass is 477 g/mol. The van der Waals surface area contributed by atoms with Crippen molar-refractivity contribution < 1.29 is 24.3 Å². The second-order valence-corrected chi connectivity index (χ2v) is 8.26. The van der Waals surface area contributed by atoms with E-state index in [0.717, 1.165) is 16.5 Å². The lowest BCUT2D eigenvalue weighted by atomic mass is 9.99. The van der Waals surface area contributed by atoms with Gasteiger partial charge in [-0.15, -0.1) is 0 Å². The standard InChI is InChI=1S/C22H31N5O5S/c1-3-12(2)19(23)22(32)27-17(11-33)21(31)26-16(20(30)25-10-18(28)29)8-13-9-24-15-7-5-4-6-14(13)15/h4-7,9,12,16-17,19,24,33H,3,8,10-11,23H2,1-2H3,(H,25,30)(H,26,31)(H,27,32)(H,28,29). The number of H-pyrrole nitrogens is 1. The van der Waals surface area contributed by atoms with Crippen molar-refractivity contribution in [3.8, 4) is 0 Å². The number of fused-ring (bicyclic) bond motifs is 1. The van der Waals surface area contributed by atoms with Gasteiger partial charge in [0.05, 0.1) is 6.04 Å². The molecule has 2 rings (SSSR count). The highest BCUT2D eigenvalue weighted by atomic mass is 32.1. The summed E-state index contributed by atoms with van der Waals surface area (Å²) >= 11 is 4.15. The Balaban J connectivity index is 2.17. The van der Waals surface area contributed by atoms with Gasteiger partial charge in [0.1, 0.15) is 18.6 Å². The molecule has 1 heterocycles. The molecule has 0 bridgehead atoms. The Morgan fingerprint density at radius 1 is 1.09 bits per heavy atom. The van der Waals surface area contributed by atoms with Gasteiger partial charge >= 0.3 is 5.97 Å². The molecular formula is C22H31N5O5S. The molecule has 3 amide bonds. The van der Waals surface area contributed by atoms with Gasteiger partial charge in [0.2, 0.25) is 17.7 Å². The number of aromatic amines is 1. The quantitative estimate of drug-likeness (QED) is 0.215. The van der Waals surface area contributed by atoms with Crippen molar-refractivity contribution in [1.82, 2.24) is 20.9 Å². The molecule has 0 spiro atoms. The average molecular weight is 478 g/mol. The van der Waals surface area contributed by atoms with E-state index in [9.17, 15) is 19.2 Å². The summed E-state index contributed by atoms with van der Waals surface area (Å²) in [5.41, 5.74) is 7.58. The van der Waals surface area contributed by atoms with Gasteiger partial charge in [-0.05, 0) is 17.5 Å². The van der Waals surface area contributed by atoms with Crippen LogP contribution in [-0.2, 0) is 25.6 Å². The molecule has 11 heteroatoms. The third kappa shape index (κ3) is 7.22. The summed E-state index contributed by atoms with van der Waals surface area (Å²) in [7, 11) is 0. The van der Waals surface area contributed by atoms with E-state index in [1.165, 1.54) is 0 Å². The van der Waals surface area contributed by atoms with Crippen molar-refractivity contribution in [3.63, 3.8) is 0 Å². The number of aromatic nitrogens is 1. The lowest BCUT2D eigenvalue weighted by Gasteiger charge is -2.24. The van der Waals surface area contributed by atoms with Crippen LogP contribution in [-0.4, -0.2) is 64.2 Å². The van der Waals surface area contributed by atoms with Crippen LogP contribution in [0.2, 0.25) is 0 Å².